The van der Waals surface area contributed by atoms with E-state index in [1.54, 1.807) is 30.2 Å². The molecule has 2 aromatic heterocycles. The number of hydrogen-bond donors (Lipinski definition) is 0. The summed E-state index contributed by atoms with van der Waals surface area (Å²) in [5, 5.41) is 4.07. The molecule has 82 valence electrons. The lowest BCUT2D eigenvalue weighted by Crippen LogP contribution is -2.03. The number of carbonyl (C=O) groups is 1. The van der Waals surface area contributed by atoms with E-state index < -0.39 is 0 Å². The maximum absolute atomic E-state index is 11.7. The lowest BCUT2D eigenvalue weighted by atomic mass is 10.1. The van der Waals surface area contributed by atoms with E-state index in [0.29, 0.717) is 18.5 Å². The van der Waals surface area contributed by atoms with E-state index in [0.717, 1.165) is 5.69 Å². The van der Waals surface area contributed by atoms with Crippen molar-refractivity contribution in [3.05, 3.63) is 48.0 Å². The molecule has 0 aromatic carbocycles. The van der Waals surface area contributed by atoms with Crippen LogP contribution >= 0.6 is 0 Å². The van der Waals surface area contributed by atoms with Crippen LogP contribution in [-0.4, -0.2) is 20.5 Å². The van der Waals surface area contributed by atoms with Gasteiger partial charge in [0, 0.05) is 31.6 Å². The Morgan fingerprint density at radius 1 is 1.38 bits per heavy atom. The first-order valence-electron chi connectivity index (χ1n) is 5.18. The summed E-state index contributed by atoms with van der Waals surface area (Å²) in [5.74, 6) is 0.0613. The third-order valence-corrected chi connectivity index (χ3v) is 2.33. The van der Waals surface area contributed by atoms with Gasteiger partial charge in [-0.15, -0.1) is 0 Å². The molecule has 0 saturated heterocycles. The zero-order chi connectivity index (χ0) is 11.4. The number of ketones is 1. The SMILES string of the molecule is Cn1ccc(C(=O)CCc2ccccn2)n1. The summed E-state index contributed by atoms with van der Waals surface area (Å²) in [4.78, 5) is 15.9. The predicted octanol–water partition coefficient (Wildman–Crippen LogP) is 1.63. The monoisotopic (exact) mass is 215 g/mol. The predicted molar refractivity (Wildman–Crippen MR) is 60.1 cm³/mol. The summed E-state index contributed by atoms with van der Waals surface area (Å²) in [5.41, 5.74) is 1.46. The third kappa shape index (κ3) is 2.53. The number of Topliss-reactive ketones (excluding diaryl/α,β-unsaturated/α-hetero) is 1. The van der Waals surface area contributed by atoms with Crippen molar-refractivity contribution in [1.82, 2.24) is 14.8 Å². The number of aromatic nitrogens is 3. The number of rotatable bonds is 4. The lowest BCUT2D eigenvalue weighted by Gasteiger charge is -1.98. The van der Waals surface area contributed by atoms with Crippen molar-refractivity contribution in [3.8, 4) is 0 Å². The van der Waals surface area contributed by atoms with Crippen molar-refractivity contribution in [2.75, 3.05) is 0 Å². The quantitative estimate of drug-likeness (QED) is 0.728. The van der Waals surface area contributed by atoms with E-state index in [1.165, 1.54) is 0 Å². The van der Waals surface area contributed by atoms with Crippen molar-refractivity contribution in [2.24, 2.45) is 7.05 Å². The molecule has 0 atom stereocenters. The van der Waals surface area contributed by atoms with Crippen molar-refractivity contribution in [1.29, 1.82) is 0 Å². The Morgan fingerprint density at radius 2 is 2.25 bits per heavy atom. The van der Waals surface area contributed by atoms with Crippen molar-refractivity contribution >= 4 is 5.78 Å². The van der Waals surface area contributed by atoms with E-state index in [9.17, 15) is 4.79 Å². The van der Waals surface area contributed by atoms with Crippen LogP contribution in [0.15, 0.2) is 36.7 Å². The second kappa shape index (κ2) is 4.70. The van der Waals surface area contributed by atoms with Crippen molar-refractivity contribution in [3.63, 3.8) is 0 Å². The Labute approximate surface area is 93.9 Å². The van der Waals surface area contributed by atoms with Crippen LogP contribution < -0.4 is 0 Å². The highest BCUT2D eigenvalue weighted by Crippen LogP contribution is 2.04. The van der Waals surface area contributed by atoms with E-state index >= 15 is 0 Å². The average Bonchev–Trinajstić information content (AvgIpc) is 2.74. The molecule has 4 nitrogen and oxygen atoms in total. The molecule has 0 amide bonds. The minimum Gasteiger partial charge on any atom is -0.292 e. The second-order valence-electron chi connectivity index (χ2n) is 3.62. The standard InChI is InChI=1S/C12H13N3O/c1-15-9-7-11(14-15)12(16)6-5-10-4-2-3-8-13-10/h2-4,7-9H,5-6H2,1H3. The van der Waals surface area contributed by atoms with Gasteiger partial charge in [0.25, 0.3) is 0 Å². The Kier molecular flexibility index (Phi) is 3.10. The zero-order valence-corrected chi connectivity index (χ0v) is 9.13. The largest absolute Gasteiger partial charge is 0.292 e. The van der Waals surface area contributed by atoms with Gasteiger partial charge in [-0.1, -0.05) is 6.07 Å². The third-order valence-electron chi connectivity index (χ3n) is 2.33. The minimum atomic E-state index is 0.0613. The topological polar surface area (TPSA) is 47.8 Å². The van der Waals surface area contributed by atoms with Crippen LogP contribution in [0.25, 0.3) is 0 Å². The molecule has 2 aromatic rings. The molecule has 0 aliphatic heterocycles. The Morgan fingerprint density at radius 3 is 2.88 bits per heavy atom. The first-order valence-corrected chi connectivity index (χ1v) is 5.18. The molecule has 0 bridgehead atoms. The van der Waals surface area contributed by atoms with E-state index in [1.807, 2.05) is 18.2 Å². The molecule has 2 rings (SSSR count). The van der Waals surface area contributed by atoms with Gasteiger partial charge in [-0.05, 0) is 24.6 Å². The van der Waals surface area contributed by atoms with Crippen LogP contribution in [0.4, 0.5) is 0 Å². The fraction of sp³-hybridized carbons (Fsp3) is 0.250. The van der Waals surface area contributed by atoms with E-state index in [2.05, 4.69) is 10.1 Å². The average molecular weight is 215 g/mol. The molecule has 2 heterocycles. The molecular formula is C12H13N3O. The highest BCUT2D eigenvalue weighted by atomic mass is 16.1. The van der Waals surface area contributed by atoms with Crippen LogP contribution in [0.2, 0.25) is 0 Å². The van der Waals surface area contributed by atoms with Gasteiger partial charge >= 0.3 is 0 Å². The maximum Gasteiger partial charge on any atom is 0.183 e. The molecule has 0 fully saturated rings. The summed E-state index contributed by atoms with van der Waals surface area (Å²) < 4.78 is 1.63. The van der Waals surface area contributed by atoms with E-state index in [-0.39, 0.29) is 5.78 Å². The number of hydrogen-bond acceptors (Lipinski definition) is 3. The van der Waals surface area contributed by atoms with Crippen LogP contribution in [-0.2, 0) is 13.5 Å². The molecule has 16 heavy (non-hydrogen) atoms. The fourth-order valence-electron chi connectivity index (χ4n) is 1.48. The van der Waals surface area contributed by atoms with Gasteiger partial charge in [-0.25, -0.2) is 0 Å². The van der Waals surface area contributed by atoms with Gasteiger partial charge in [0.2, 0.25) is 0 Å². The van der Waals surface area contributed by atoms with Crippen LogP contribution in [0.1, 0.15) is 22.6 Å². The number of aryl methyl sites for hydroxylation is 2. The number of pyridine rings is 1. The molecule has 0 aliphatic rings. The molecule has 0 unspecified atom stereocenters. The van der Waals surface area contributed by atoms with Crippen molar-refractivity contribution < 1.29 is 4.79 Å². The lowest BCUT2D eigenvalue weighted by molar-refractivity contribution is 0.0977. The zero-order valence-electron chi connectivity index (χ0n) is 9.13. The number of carbonyl (C=O) groups excluding carboxylic acids is 1. The normalized spacial score (nSPS) is 10.3. The first kappa shape index (κ1) is 10.5. The van der Waals surface area contributed by atoms with Gasteiger partial charge in [-0.2, -0.15) is 5.10 Å². The summed E-state index contributed by atoms with van der Waals surface area (Å²) >= 11 is 0. The second-order valence-corrected chi connectivity index (χ2v) is 3.62. The minimum absolute atomic E-state index is 0.0613. The Bertz CT molecular complexity index is 476. The van der Waals surface area contributed by atoms with E-state index in [4.69, 9.17) is 0 Å². The Balaban J connectivity index is 1.94. The summed E-state index contributed by atoms with van der Waals surface area (Å²) in [6, 6.07) is 7.45. The summed E-state index contributed by atoms with van der Waals surface area (Å²) in [6.07, 6.45) is 4.62. The van der Waals surface area contributed by atoms with Gasteiger partial charge in [0.1, 0.15) is 5.69 Å². The maximum atomic E-state index is 11.7. The molecule has 0 saturated carbocycles. The van der Waals surface area contributed by atoms with Gasteiger partial charge < -0.3 is 0 Å². The molecule has 0 N–H and O–H groups in total. The van der Waals surface area contributed by atoms with Crippen LogP contribution in [0.3, 0.4) is 0 Å². The molecule has 0 radical (unpaired) electrons. The summed E-state index contributed by atoms with van der Waals surface area (Å²) in [6.45, 7) is 0. The Hall–Kier alpha value is -1.97. The highest BCUT2D eigenvalue weighted by Gasteiger charge is 2.08. The first-order chi connectivity index (χ1) is 7.75. The van der Waals surface area contributed by atoms with Gasteiger partial charge in [0.05, 0.1) is 0 Å². The smallest absolute Gasteiger partial charge is 0.183 e. The molecular weight excluding hydrogens is 202 g/mol. The van der Waals surface area contributed by atoms with Crippen molar-refractivity contribution in [2.45, 2.75) is 12.8 Å². The van der Waals surface area contributed by atoms with Crippen LogP contribution in [0, 0.1) is 0 Å². The molecule has 0 aliphatic carbocycles. The van der Waals surface area contributed by atoms with Crippen LogP contribution in [0.5, 0.6) is 0 Å². The fourth-order valence-corrected chi connectivity index (χ4v) is 1.48. The molecule has 4 heteroatoms. The van der Waals surface area contributed by atoms with Gasteiger partial charge in [-0.3, -0.25) is 14.5 Å². The number of nitrogens with zero attached hydrogens (tertiary/aromatic N) is 3. The van der Waals surface area contributed by atoms with Gasteiger partial charge in [0.15, 0.2) is 5.78 Å². The molecule has 0 spiro atoms. The highest BCUT2D eigenvalue weighted by molar-refractivity contribution is 5.94. The summed E-state index contributed by atoms with van der Waals surface area (Å²) in [7, 11) is 1.80.